The van der Waals surface area contributed by atoms with Crippen LogP contribution in [0.1, 0.15) is 43.4 Å². The minimum atomic E-state index is -0.0405. The molecule has 0 aromatic heterocycles. The van der Waals surface area contributed by atoms with Crippen LogP contribution in [0, 0.1) is 13.8 Å². The van der Waals surface area contributed by atoms with Gasteiger partial charge in [0.25, 0.3) is 0 Å². The fourth-order valence-corrected chi connectivity index (χ4v) is 2.22. The van der Waals surface area contributed by atoms with Crippen LogP contribution in [0.3, 0.4) is 0 Å². The van der Waals surface area contributed by atoms with Gasteiger partial charge in [-0.05, 0) is 62.8 Å². The van der Waals surface area contributed by atoms with Crippen molar-refractivity contribution in [3.63, 3.8) is 0 Å². The minimum absolute atomic E-state index is 0.0405. The number of rotatable bonds is 1. The first kappa shape index (κ1) is 11.3. The van der Waals surface area contributed by atoms with Crippen molar-refractivity contribution in [1.82, 2.24) is 0 Å². The van der Waals surface area contributed by atoms with Crippen molar-refractivity contribution in [2.24, 2.45) is 0 Å². The highest BCUT2D eigenvalue weighted by molar-refractivity contribution is 5.53. The third kappa shape index (κ3) is 1.66. The largest absolute Gasteiger partial charge is 0.508 e. The molecule has 2 rings (SSSR count). The van der Waals surface area contributed by atoms with Crippen molar-refractivity contribution in [3.05, 3.63) is 22.8 Å². The Morgan fingerprint density at radius 1 is 1.38 bits per heavy atom. The van der Waals surface area contributed by atoms with Crippen molar-refractivity contribution in [3.8, 4) is 11.5 Å². The zero-order chi connectivity index (χ0) is 11.9. The molecule has 0 amide bonds. The van der Waals surface area contributed by atoms with Crippen LogP contribution in [-0.4, -0.2) is 10.7 Å². The molecule has 88 valence electrons. The summed E-state index contributed by atoms with van der Waals surface area (Å²) in [6, 6.07) is 1.85. The zero-order valence-electron chi connectivity index (χ0n) is 10.6. The molecule has 0 aliphatic carbocycles. The number of phenols is 1. The molecule has 16 heavy (non-hydrogen) atoms. The highest BCUT2D eigenvalue weighted by atomic mass is 16.5. The van der Waals surface area contributed by atoms with Crippen molar-refractivity contribution >= 4 is 0 Å². The van der Waals surface area contributed by atoms with Crippen molar-refractivity contribution in [2.45, 2.75) is 52.6 Å². The zero-order valence-corrected chi connectivity index (χ0v) is 10.6. The molecule has 0 fully saturated rings. The summed E-state index contributed by atoms with van der Waals surface area (Å²) in [5, 5.41) is 9.79. The predicted octanol–water partition coefficient (Wildman–Crippen LogP) is 3.50. The molecular formula is C14H20O2. The van der Waals surface area contributed by atoms with Gasteiger partial charge in [0.05, 0.1) is 0 Å². The molecule has 1 aliphatic heterocycles. The summed E-state index contributed by atoms with van der Waals surface area (Å²) in [5.41, 5.74) is 3.11. The van der Waals surface area contributed by atoms with Crippen LogP contribution in [-0.2, 0) is 6.42 Å². The van der Waals surface area contributed by atoms with Gasteiger partial charge in [0.15, 0.2) is 0 Å². The lowest BCUT2D eigenvalue weighted by Gasteiger charge is -2.36. The first-order valence-electron chi connectivity index (χ1n) is 5.98. The molecule has 0 saturated heterocycles. The first-order valence-corrected chi connectivity index (χ1v) is 5.98. The van der Waals surface area contributed by atoms with Gasteiger partial charge in [0, 0.05) is 0 Å². The van der Waals surface area contributed by atoms with Crippen LogP contribution >= 0.6 is 0 Å². The van der Waals surface area contributed by atoms with Crippen LogP contribution in [0.5, 0.6) is 11.5 Å². The quantitative estimate of drug-likeness (QED) is 0.785. The van der Waals surface area contributed by atoms with E-state index in [0.29, 0.717) is 5.75 Å². The van der Waals surface area contributed by atoms with Crippen molar-refractivity contribution < 1.29 is 9.84 Å². The molecule has 1 aliphatic rings. The number of phenolic OH excluding ortho intramolecular Hbond substituents is 1. The van der Waals surface area contributed by atoms with E-state index in [2.05, 4.69) is 13.8 Å². The Kier molecular flexibility index (Phi) is 2.61. The van der Waals surface area contributed by atoms with Gasteiger partial charge in [-0.25, -0.2) is 0 Å². The van der Waals surface area contributed by atoms with Crippen molar-refractivity contribution in [1.29, 1.82) is 0 Å². The standard InChI is InChI=1S/C14H20O2/c1-5-14(4)7-6-11-8-12(15)9(2)10(3)13(11)16-14/h8,15H,5-7H2,1-4H3. The van der Waals surface area contributed by atoms with E-state index in [-0.39, 0.29) is 5.60 Å². The van der Waals surface area contributed by atoms with Gasteiger partial charge in [-0.3, -0.25) is 0 Å². The molecule has 2 nitrogen and oxygen atoms in total. The lowest BCUT2D eigenvalue weighted by atomic mass is 9.88. The average Bonchev–Trinajstić information content (AvgIpc) is 2.28. The van der Waals surface area contributed by atoms with Gasteiger partial charge in [-0.2, -0.15) is 0 Å². The van der Waals surface area contributed by atoms with Gasteiger partial charge in [-0.15, -0.1) is 0 Å². The predicted molar refractivity (Wildman–Crippen MR) is 65.2 cm³/mol. The van der Waals surface area contributed by atoms with E-state index < -0.39 is 0 Å². The number of fused-ring (bicyclic) bond motifs is 1. The maximum atomic E-state index is 9.79. The third-order valence-electron chi connectivity index (χ3n) is 3.91. The number of benzene rings is 1. The molecule has 1 atom stereocenters. The Morgan fingerprint density at radius 3 is 2.69 bits per heavy atom. The van der Waals surface area contributed by atoms with Gasteiger partial charge in [0.2, 0.25) is 0 Å². The van der Waals surface area contributed by atoms with Crippen LogP contribution < -0.4 is 4.74 Å². The fourth-order valence-electron chi connectivity index (χ4n) is 2.22. The van der Waals surface area contributed by atoms with Gasteiger partial charge in [-0.1, -0.05) is 6.92 Å². The Balaban J connectivity index is 2.49. The second-order valence-electron chi connectivity index (χ2n) is 5.04. The SMILES string of the molecule is CCC1(C)CCc2cc(O)c(C)c(C)c2O1. The smallest absolute Gasteiger partial charge is 0.126 e. The van der Waals surface area contributed by atoms with Gasteiger partial charge < -0.3 is 9.84 Å². The fraction of sp³-hybridized carbons (Fsp3) is 0.571. The number of aryl methyl sites for hydroxylation is 1. The lowest BCUT2D eigenvalue weighted by Crippen LogP contribution is -2.35. The van der Waals surface area contributed by atoms with E-state index in [1.165, 1.54) is 0 Å². The second-order valence-corrected chi connectivity index (χ2v) is 5.04. The van der Waals surface area contributed by atoms with Gasteiger partial charge in [0.1, 0.15) is 17.1 Å². The topological polar surface area (TPSA) is 29.5 Å². The molecule has 0 saturated carbocycles. The van der Waals surface area contributed by atoms with E-state index >= 15 is 0 Å². The molecule has 2 heteroatoms. The monoisotopic (exact) mass is 220 g/mol. The maximum absolute atomic E-state index is 9.79. The normalized spacial score (nSPS) is 23.8. The highest BCUT2D eigenvalue weighted by Gasteiger charge is 2.31. The summed E-state index contributed by atoms with van der Waals surface area (Å²) in [7, 11) is 0. The van der Waals surface area contributed by atoms with E-state index in [9.17, 15) is 5.11 Å². The van der Waals surface area contributed by atoms with E-state index in [0.717, 1.165) is 41.7 Å². The molecule has 0 radical (unpaired) electrons. The van der Waals surface area contributed by atoms with Crippen LogP contribution in [0.4, 0.5) is 0 Å². The van der Waals surface area contributed by atoms with E-state index in [1.54, 1.807) is 0 Å². The number of aromatic hydroxyl groups is 1. The molecule has 0 bridgehead atoms. The number of hydrogen-bond donors (Lipinski definition) is 1. The summed E-state index contributed by atoms with van der Waals surface area (Å²) in [4.78, 5) is 0. The Morgan fingerprint density at radius 2 is 2.06 bits per heavy atom. The summed E-state index contributed by atoms with van der Waals surface area (Å²) < 4.78 is 6.12. The van der Waals surface area contributed by atoms with Crippen LogP contribution in [0.2, 0.25) is 0 Å². The Hall–Kier alpha value is -1.18. The summed E-state index contributed by atoms with van der Waals surface area (Å²) in [5.74, 6) is 1.38. The number of hydrogen-bond acceptors (Lipinski definition) is 2. The minimum Gasteiger partial charge on any atom is -0.508 e. The van der Waals surface area contributed by atoms with Crippen LogP contribution in [0.15, 0.2) is 6.07 Å². The average molecular weight is 220 g/mol. The summed E-state index contributed by atoms with van der Waals surface area (Å²) in [6.07, 6.45) is 3.04. The number of ether oxygens (including phenoxy) is 1. The molecule has 1 aromatic rings. The molecule has 1 N–H and O–H groups in total. The van der Waals surface area contributed by atoms with Crippen molar-refractivity contribution in [2.75, 3.05) is 0 Å². The molecular weight excluding hydrogens is 200 g/mol. The molecule has 0 spiro atoms. The molecule has 1 unspecified atom stereocenters. The van der Waals surface area contributed by atoms with E-state index in [4.69, 9.17) is 4.74 Å². The van der Waals surface area contributed by atoms with E-state index in [1.807, 2.05) is 19.9 Å². The molecule has 1 heterocycles. The van der Waals surface area contributed by atoms with Gasteiger partial charge >= 0.3 is 0 Å². The van der Waals surface area contributed by atoms with Crippen LogP contribution in [0.25, 0.3) is 0 Å². The Bertz CT molecular complexity index is 423. The third-order valence-corrected chi connectivity index (χ3v) is 3.91. The summed E-state index contributed by atoms with van der Waals surface area (Å²) >= 11 is 0. The maximum Gasteiger partial charge on any atom is 0.126 e. The molecule has 1 aromatic carbocycles. The lowest BCUT2D eigenvalue weighted by molar-refractivity contribution is 0.0601. The second kappa shape index (κ2) is 3.69. The highest BCUT2D eigenvalue weighted by Crippen LogP contribution is 2.41. The first-order chi connectivity index (χ1) is 7.47. The summed E-state index contributed by atoms with van der Waals surface area (Å²) in [6.45, 7) is 8.28. The Labute approximate surface area is 97.3 Å².